The molecule has 1 aromatic rings. The van der Waals surface area contributed by atoms with Gasteiger partial charge in [0.15, 0.2) is 0 Å². The monoisotopic (exact) mass is 498 g/mol. The van der Waals surface area contributed by atoms with Gasteiger partial charge in [0.05, 0.1) is 17.6 Å². The van der Waals surface area contributed by atoms with E-state index in [4.69, 9.17) is 4.74 Å². The molecule has 0 bridgehead atoms. The number of ether oxygens (including phenoxy) is 1. The molecule has 2 saturated heterocycles. The molecule has 0 spiro atoms. The molecule has 4 atom stereocenters. The van der Waals surface area contributed by atoms with Crippen LogP contribution < -0.4 is 10.2 Å². The average molecular weight is 499 g/mol. The zero-order chi connectivity index (χ0) is 25.4. The van der Waals surface area contributed by atoms with Gasteiger partial charge in [-0.1, -0.05) is 13.0 Å². The van der Waals surface area contributed by atoms with Gasteiger partial charge < -0.3 is 25.0 Å². The third-order valence-electron chi connectivity index (χ3n) is 8.10. The van der Waals surface area contributed by atoms with E-state index in [0.717, 1.165) is 32.1 Å². The van der Waals surface area contributed by atoms with E-state index in [0.29, 0.717) is 51.0 Å². The number of rotatable bonds is 5. The van der Waals surface area contributed by atoms with Gasteiger partial charge in [-0.15, -0.1) is 0 Å². The smallest absolute Gasteiger partial charge is 0.389 e. The van der Waals surface area contributed by atoms with Crippen molar-refractivity contribution in [1.82, 2.24) is 15.2 Å². The van der Waals surface area contributed by atoms with E-state index in [9.17, 15) is 23.1 Å². The summed E-state index contributed by atoms with van der Waals surface area (Å²) in [5, 5.41) is 14.9. The lowest BCUT2D eigenvalue weighted by Gasteiger charge is -2.45. The first-order valence-electron chi connectivity index (χ1n) is 12.6. The van der Waals surface area contributed by atoms with Crippen molar-refractivity contribution in [3.8, 4) is 0 Å². The summed E-state index contributed by atoms with van der Waals surface area (Å²) >= 11 is 0. The Morgan fingerprint density at radius 2 is 1.91 bits per heavy atom. The predicted octanol–water partition coefficient (Wildman–Crippen LogP) is 3.07. The Morgan fingerprint density at radius 1 is 1.20 bits per heavy atom. The standard InChI is InChI=1S/C25H37F3N4O3/c1-17-16-35-14-8-19(17)29-18-7-9-24(15-18,23(2,3)34)22(33)32-12-10-31(11-13-32)21-6-4-5-20(30-21)25(26,27)28/h4-6,17-19,29,34H,7-16H2,1-3H3/t17?,18-,19?,24-/m1/s1. The first-order valence-corrected chi connectivity index (χ1v) is 12.6. The number of nitrogens with one attached hydrogen (secondary N) is 1. The maximum atomic E-state index is 13.8. The summed E-state index contributed by atoms with van der Waals surface area (Å²) in [6, 6.07) is 4.37. The van der Waals surface area contributed by atoms with E-state index in [1.165, 1.54) is 6.07 Å². The van der Waals surface area contributed by atoms with Gasteiger partial charge in [0.1, 0.15) is 11.5 Å². The summed E-state index contributed by atoms with van der Waals surface area (Å²) in [4.78, 5) is 21.2. The Kier molecular flexibility index (Phi) is 7.37. The normalized spacial score (nSPS) is 30.5. The molecule has 2 aliphatic heterocycles. The summed E-state index contributed by atoms with van der Waals surface area (Å²) in [5.74, 6) is 0.597. The highest BCUT2D eigenvalue weighted by Gasteiger charge is 2.56. The molecule has 35 heavy (non-hydrogen) atoms. The molecule has 1 amide bonds. The number of hydrogen-bond donors (Lipinski definition) is 2. The topological polar surface area (TPSA) is 77.9 Å². The lowest BCUT2D eigenvalue weighted by Crippen LogP contribution is -2.59. The number of pyridine rings is 1. The maximum absolute atomic E-state index is 13.8. The third-order valence-corrected chi connectivity index (χ3v) is 8.10. The Bertz CT molecular complexity index is 899. The Morgan fingerprint density at radius 3 is 2.54 bits per heavy atom. The largest absolute Gasteiger partial charge is 0.433 e. The van der Waals surface area contributed by atoms with Crippen LogP contribution in [0.2, 0.25) is 0 Å². The summed E-state index contributed by atoms with van der Waals surface area (Å²) in [7, 11) is 0. The number of aromatic nitrogens is 1. The molecule has 3 heterocycles. The molecule has 7 nitrogen and oxygen atoms in total. The van der Waals surface area contributed by atoms with Crippen LogP contribution in [0.3, 0.4) is 0 Å². The lowest BCUT2D eigenvalue weighted by atomic mass is 9.70. The number of nitrogens with zero attached hydrogens (tertiary/aromatic N) is 3. The van der Waals surface area contributed by atoms with E-state index in [1.807, 2.05) is 0 Å². The molecule has 3 aliphatic rings. The molecule has 2 N–H and O–H groups in total. The van der Waals surface area contributed by atoms with Crippen molar-refractivity contribution >= 4 is 11.7 Å². The molecule has 3 fully saturated rings. The van der Waals surface area contributed by atoms with Crippen molar-refractivity contribution in [2.24, 2.45) is 11.3 Å². The van der Waals surface area contributed by atoms with Crippen molar-refractivity contribution in [2.45, 2.75) is 70.3 Å². The van der Waals surface area contributed by atoms with Crippen molar-refractivity contribution < 1.29 is 27.8 Å². The van der Waals surface area contributed by atoms with E-state index in [-0.39, 0.29) is 17.8 Å². The SMILES string of the molecule is CC1COCCC1N[C@@H]1CC[C@@](C(=O)N2CCN(c3cccc(C(F)(F)F)n3)CC2)(C(C)(C)O)C1. The second-order valence-electron chi connectivity index (χ2n) is 10.9. The molecule has 0 aromatic carbocycles. The van der Waals surface area contributed by atoms with Crippen LogP contribution in [-0.4, -0.2) is 78.0 Å². The molecule has 2 unspecified atom stereocenters. The van der Waals surface area contributed by atoms with Crippen LogP contribution in [0.25, 0.3) is 0 Å². The molecule has 196 valence electrons. The van der Waals surface area contributed by atoms with Crippen molar-refractivity contribution in [3.05, 3.63) is 23.9 Å². The van der Waals surface area contributed by atoms with Crippen molar-refractivity contribution in [3.63, 3.8) is 0 Å². The fraction of sp³-hybridized carbons (Fsp3) is 0.760. The van der Waals surface area contributed by atoms with Crippen molar-refractivity contribution in [2.75, 3.05) is 44.3 Å². The van der Waals surface area contributed by atoms with Crippen LogP contribution in [0.15, 0.2) is 18.2 Å². The minimum Gasteiger partial charge on any atom is -0.389 e. The summed E-state index contributed by atoms with van der Waals surface area (Å²) in [6.45, 7) is 8.60. The molecule has 1 aromatic heterocycles. The lowest BCUT2D eigenvalue weighted by molar-refractivity contribution is -0.158. The Hall–Kier alpha value is -1.91. The van der Waals surface area contributed by atoms with Crippen LogP contribution in [0.4, 0.5) is 19.0 Å². The number of piperazine rings is 1. The number of halogens is 3. The fourth-order valence-electron chi connectivity index (χ4n) is 5.83. The average Bonchev–Trinajstić information content (AvgIpc) is 3.25. The number of carbonyl (C=O) groups is 1. The molecular formula is C25H37F3N4O3. The van der Waals surface area contributed by atoms with Gasteiger partial charge in [-0.25, -0.2) is 4.98 Å². The molecule has 1 aliphatic carbocycles. The van der Waals surface area contributed by atoms with E-state index < -0.39 is 22.9 Å². The van der Waals surface area contributed by atoms with Crippen LogP contribution in [0, 0.1) is 11.3 Å². The summed E-state index contributed by atoms with van der Waals surface area (Å²) < 4.78 is 44.7. The third kappa shape index (κ3) is 5.44. The molecule has 0 radical (unpaired) electrons. The second kappa shape index (κ2) is 9.86. The number of aliphatic hydroxyl groups is 1. The Balaban J connectivity index is 1.42. The predicted molar refractivity (Wildman–Crippen MR) is 126 cm³/mol. The minimum atomic E-state index is -4.50. The second-order valence-corrected chi connectivity index (χ2v) is 10.9. The van der Waals surface area contributed by atoms with Gasteiger partial charge in [0.25, 0.3) is 0 Å². The fourth-order valence-corrected chi connectivity index (χ4v) is 5.83. The highest BCUT2D eigenvalue weighted by Crippen LogP contribution is 2.48. The summed E-state index contributed by atoms with van der Waals surface area (Å²) in [6.07, 6.45) is -1.59. The van der Waals surface area contributed by atoms with Crippen LogP contribution in [-0.2, 0) is 15.7 Å². The molecular weight excluding hydrogens is 461 g/mol. The van der Waals surface area contributed by atoms with Gasteiger partial charge in [-0.3, -0.25) is 4.79 Å². The number of carbonyl (C=O) groups excluding carboxylic acids is 1. The quantitative estimate of drug-likeness (QED) is 0.650. The van der Waals surface area contributed by atoms with Crippen LogP contribution in [0.5, 0.6) is 0 Å². The van der Waals surface area contributed by atoms with Gasteiger partial charge in [-0.05, 0) is 57.6 Å². The number of amides is 1. The number of alkyl halides is 3. The minimum absolute atomic E-state index is 0.0639. The van der Waals surface area contributed by atoms with Gasteiger partial charge in [-0.2, -0.15) is 13.2 Å². The van der Waals surface area contributed by atoms with Gasteiger partial charge in [0.2, 0.25) is 5.91 Å². The molecule has 10 heteroatoms. The van der Waals surface area contributed by atoms with Gasteiger partial charge >= 0.3 is 6.18 Å². The van der Waals surface area contributed by atoms with Crippen LogP contribution in [0.1, 0.15) is 52.1 Å². The first kappa shape index (κ1) is 26.2. The molecule has 4 rings (SSSR count). The zero-order valence-corrected chi connectivity index (χ0v) is 20.8. The van der Waals surface area contributed by atoms with Crippen LogP contribution >= 0.6 is 0 Å². The van der Waals surface area contributed by atoms with Crippen molar-refractivity contribution in [1.29, 1.82) is 0 Å². The zero-order valence-electron chi connectivity index (χ0n) is 20.8. The highest BCUT2D eigenvalue weighted by atomic mass is 19.4. The maximum Gasteiger partial charge on any atom is 0.433 e. The Labute approximate surface area is 205 Å². The van der Waals surface area contributed by atoms with E-state index in [2.05, 4.69) is 17.2 Å². The van der Waals surface area contributed by atoms with E-state index >= 15 is 0 Å². The molecule has 1 saturated carbocycles. The number of anilines is 1. The van der Waals surface area contributed by atoms with E-state index in [1.54, 1.807) is 29.7 Å². The number of hydrogen-bond acceptors (Lipinski definition) is 6. The highest BCUT2D eigenvalue weighted by molar-refractivity contribution is 5.85. The summed E-state index contributed by atoms with van der Waals surface area (Å²) in [5.41, 5.74) is -3.00. The van der Waals surface area contributed by atoms with Gasteiger partial charge in [0, 0.05) is 44.9 Å². The first-order chi connectivity index (χ1) is 16.4.